The van der Waals surface area contributed by atoms with Gasteiger partial charge >= 0.3 is 18.1 Å². The lowest BCUT2D eigenvalue weighted by molar-refractivity contribution is -0.175. The van der Waals surface area contributed by atoms with Gasteiger partial charge in [0, 0.05) is 6.54 Å². The van der Waals surface area contributed by atoms with Gasteiger partial charge in [-0.3, -0.25) is 9.59 Å². The minimum Gasteiger partial charge on any atom is -0.481 e. The smallest absolute Gasteiger partial charge is 0.471 e. The molecule has 0 saturated heterocycles. The Hall–Kier alpha value is -1.27. The van der Waals surface area contributed by atoms with Crippen molar-refractivity contribution < 1.29 is 27.9 Å². The van der Waals surface area contributed by atoms with E-state index in [1.165, 1.54) is 0 Å². The molecule has 0 aromatic carbocycles. The SMILES string of the molecule is O=C(NCC1(C(=O)O)CCC1)C(F)(F)F. The summed E-state index contributed by atoms with van der Waals surface area (Å²) in [7, 11) is 0. The number of nitrogens with one attached hydrogen (secondary N) is 1. The number of amides is 1. The van der Waals surface area contributed by atoms with E-state index in [-0.39, 0.29) is 0 Å². The van der Waals surface area contributed by atoms with Gasteiger partial charge in [-0.15, -0.1) is 0 Å². The van der Waals surface area contributed by atoms with E-state index < -0.39 is 30.0 Å². The van der Waals surface area contributed by atoms with Crippen LogP contribution in [0.4, 0.5) is 13.2 Å². The maximum absolute atomic E-state index is 11.8. The van der Waals surface area contributed by atoms with Crippen molar-refractivity contribution in [3.05, 3.63) is 0 Å². The number of hydrogen-bond donors (Lipinski definition) is 2. The molecule has 0 unspecified atom stereocenters. The van der Waals surface area contributed by atoms with E-state index in [0.29, 0.717) is 19.3 Å². The zero-order valence-electron chi connectivity index (χ0n) is 7.73. The second-order valence-electron chi connectivity index (χ2n) is 3.62. The topological polar surface area (TPSA) is 66.4 Å². The largest absolute Gasteiger partial charge is 0.481 e. The standard InChI is InChI=1S/C8H10F3NO3/c9-8(10,11)5(13)12-4-7(6(14)15)2-1-3-7/h1-4H2,(H,12,13)(H,14,15). The third-order valence-corrected chi connectivity index (χ3v) is 2.61. The van der Waals surface area contributed by atoms with Gasteiger partial charge in [-0.1, -0.05) is 6.42 Å². The lowest BCUT2D eigenvalue weighted by atomic mass is 9.69. The van der Waals surface area contributed by atoms with Crippen LogP contribution in [0, 0.1) is 5.41 Å². The molecule has 0 aliphatic heterocycles. The van der Waals surface area contributed by atoms with Gasteiger partial charge in [0.2, 0.25) is 0 Å². The van der Waals surface area contributed by atoms with Crippen LogP contribution in [0.1, 0.15) is 19.3 Å². The number of rotatable bonds is 3. The zero-order valence-corrected chi connectivity index (χ0v) is 7.73. The Bertz CT molecular complexity index is 283. The second kappa shape index (κ2) is 3.71. The molecule has 1 saturated carbocycles. The highest BCUT2D eigenvalue weighted by Gasteiger charge is 2.46. The number of carbonyl (C=O) groups excluding carboxylic acids is 1. The Morgan fingerprint density at radius 3 is 2.13 bits per heavy atom. The molecule has 0 spiro atoms. The fourth-order valence-electron chi connectivity index (χ4n) is 1.42. The van der Waals surface area contributed by atoms with Crippen molar-refractivity contribution in [1.82, 2.24) is 5.32 Å². The van der Waals surface area contributed by atoms with Gasteiger partial charge in [0.15, 0.2) is 0 Å². The molecule has 86 valence electrons. The third kappa shape index (κ3) is 2.40. The first-order valence-corrected chi connectivity index (χ1v) is 4.36. The van der Waals surface area contributed by atoms with Crippen molar-refractivity contribution >= 4 is 11.9 Å². The van der Waals surface area contributed by atoms with E-state index in [4.69, 9.17) is 5.11 Å². The summed E-state index contributed by atoms with van der Waals surface area (Å²) in [6.45, 7) is -0.458. The molecule has 1 amide bonds. The molecule has 0 bridgehead atoms. The molecule has 1 aliphatic rings. The van der Waals surface area contributed by atoms with Gasteiger partial charge in [-0.25, -0.2) is 0 Å². The van der Waals surface area contributed by atoms with Crippen LogP contribution >= 0.6 is 0 Å². The summed E-state index contributed by atoms with van der Waals surface area (Å²) in [6.07, 6.45) is -3.68. The molecular weight excluding hydrogens is 215 g/mol. The van der Waals surface area contributed by atoms with E-state index in [0.717, 1.165) is 0 Å². The van der Waals surface area contributed by atoms with Crippen LogP contribution in [-0.2, 0) is 9.59 Å². The first kappa shape index (κ1) is 11.8. The summed E-state index contributed by atoms with van der Waals surface area (Å²) in [6, 6.07) is 0. The van der Waals surface area contributed by atoms with Gasteiger partial charge in [0.25, 0.3) is 0 Å². The lowest BCUT2D eigenvalue weighted by Gasteiger charge is -2.37. The Morgan fingerprint density at radius 2 is 1.87 bits per heavy atom. The molecule has 1 fully saturated rings. The van der Waals surface area contributed by atoms with Gasteiger partial charge in [-0.2, -0.15) is 13.2 Å². The molecular formula is C8H10F3NO3. The number of hydrogen-bond acceptors (Lipinski definition) is 2. The molecule has 1 aliphatic carbocycles. The molecule has 0 aromatic heterocycles. The lowest BCUT2D eigenvalue weighted by Crippen LogP contribution is -2.50. The normalized spacial score (nSPS) is 19.1. The summed E-state index contributed by atoms with van der Waals surface area (Å²) < 4.78 is 35.4. The highest BCUT2D eigenvalue weighted by Crippen LogP contribution is 2.40. The highest BCUT2D eigenvalue weighted by atomic mass is 19.4. The number of alkyl halides is 3. The molecule has 0 heterocycles. The van der Waals surface area contributed by atoms with E-state index in [9.17, 15) is 22.8 Å². The van der Waals surface area contributed by atoms with E-state index >= 15 is 0 Å². The summed E-state index contributed by atoms with van der Waals surface area (Å²) in [5.74, 6) is -3.24. The minimum atomic E-state index is -4.95. The van der Waals surface area contributed by atoms with Crippen LogP contribution in [-0.4, -0.2) is 29.7 Å². The Balaban J connectivity index is 2.49. The van der Waals surface area contributed by atoms with Crippen molar-refractivity contribution in [3.63, 3.8) is 0 Å². The Morgan fingerprint density at radius 1 is 1.33 bits per heavy atom. The van der Waals surface area contributed by atoms with E-state index in [1.54, 1.807) is 5.32 Å². The van der Waals surface area contributed by atoms with Gasteiger partial charge in [-0.05, 0) is 12.8 Å². The zero-order chi connectivity index (χ0) is 11.7. The molecule has 15 heavy (non-hydrogen) atoms. The maximum Gasteiger partial charge on any atom is 0.471 e. The number of aliphatic carboxylic acids is 1. The quantitative estimate of drug-likeness (QED) is 0.750. The minimum absolute atomic E-state index is 0.306. The monoisotopic (exact) mass is 225 g/mol. The van der Waals surface area contributed by atoms with Crippen LogP contribution in [0.15, 0.2) is 0 Å². The highest BCUT2D eigenvalue weighted by molar-refractivity contribution is 5.83. The van der Waals surface area contributed by atoms with Crippen LogP contribution in [0.2, 0.25) is 0 Å². The van der Waals surface area contributed by atoms with Crippen LogP contribution in [0.25, 0.3) is 0 Å². The van der Waals surface area contributed by atoms with Crippen LogP contribution in [0.3, 0.4) is 0 Å². The fourth-order valence-corrected chi connectivity index (χ4v) is 1.42. The molecule has 4 nitrogen and oxygen atoms in total. The number of carbonyl (C=O) groups is 2. The van der Waals surface area contributed by atoms with E-state index in [1.807, 2.05) is 0 Å². The predicted molar refractivity (Wildman–Crippen MR) is 43.0 cm³/mol. The second-order valence-corrected chi connectivity index (χ2v) is 3.62. The maximum atomic E-state index is 11.8. The van der Waals surface area contributed by atoms with Crippen molar-refractivity contribution in [3.8, 4) is 0 Å². The average molecular weight is 225 g/mol. The summed E-state index contributed by atoms with van der Waals surface area (Å²) >= 11 is 0. The first-order chi connectivity index (χ1) is 6.78. The summed E-state index contributed by atoms with van der Waals surface area (Å²) in [5, 5.41) is 10.4. The van der Waals surface area contributed by atoms with Crippen LogP contribution in [0.5, 0.6) is 0 Å². The molecule has 7 heteroatoms. The predicted octanol–water partition coefficient (Wildman–Crippen LogP) is 0.920. The van der Waals surface area contributed by atoms with Crippen molar-refractivity contribution in [2.45, 2.75) is 25.4 Å². The molecule has 0 radical (unpaired) electrons. The molecule has 1 rings (SSSR count). The van der Waals surface area contributed by atoms with Gasteiger partial charge in [0.1, 0.15) is 0 Å². The molecule has 0 atom stereocenters. The Labute approximate surface area is 83.5 Å². The van der Waals surface area contributed by atoms with Crippen molar-refractivity contribution in [2.24, 2.45) is 5.41 Å². The Kier molecular flexibility index (Phi) is 2.92. The number of carboxylic acid groups (broad SMARTS) is 1. The van der Waals surface area contributed by atoms with Gasteiger partial charge < -0.3 is 10.4 Å². The average Bonchev–Trinajstić information content (AvgIpc) is 1.99. The van der Waals surface area contributed by atoms with Crippen molar-refractivity contribution in [1.29, 1.82) is 0 Å². The number of halogens is 3. The summed E-state index contributed by atoms with van der Waals surface area (Å²) in [5.41, 5.74) is -1.19. The van der Waals surface area contributed by atoms with Crippen molar-refractivity contribution in [2.75, 3.05) is 6.54 Å². The van der Waals surface area contributed by atoms with Crippen LogP contribution < -0.4 is 5.32 Å². The third-order valence-electron chi connectivity index (χ3n) is 2.61. The molecule has 0 aromatic rings. The first-order valence-electron chi connectivity index (χ1n) is 4.36. The van der Waals surface area contributed by atoms with Gasteiger partial charge in [0.05, 0.1) is 5.41 Å². The van der Waals surface area contributed by atoms with E-state index in [2.05, 4.69) is 0 Å². The fraction of sp³-hybridized carbons (Fsp3) is 0.750. The molecule has 2 N–H and O–H groups in total. The number of carboxylic acids is 1. The summed E-state index contributed by atoms with van der Waals surface area (Å²) in [4.78, 5) is 21.2.